The quantitative estimate of drug-likeness (QED) is 0.561. The third-order valence-electron chi connectivity index (χ3n) is 4.55. The van der Waals surface area contributed by atoms with Crippen LogP contribution in [0.3, 0.4) is 0 Å². The van der Waals surface area contributed by atoms with Crippen LogP contribution in [0.2, 0.25) is 0 Å². The van der Waals surface area contributed by atoms with E-state index in [-0.39, 0.29) is 11.0 Å². The number of methoxy groups -OCH3 is 1. The molecule has 0 fully saturated rings. The molecule has 2 heterocycles. The van der Waals surface area contributed by atoms with Crippen LogP contribution in [0.25, 0.3) is 17.8 Å². The van der Waals surface area contributed by atoms with E-state index in [1.165, 1.54) is 0 Å². The number of rotatable bonds is 6. The fourth-order valence-corrected chi connectivity index (χ4v) is 3.92. The second kappa shape index (κ2) is 7.70. The molecule has 0 unspecified atom stereocenters. The highest BCUT2D eigenvalue weighted by Crippen LogP contribution is 2.32. The smallest absolute Gasteiger partial charge is 0.139 e. The Kier molecular flexibility index (Phi) is 5.50. The molecule has 3 aromatic rings. The Bertz CT molecular complexity index is 977. The van der Waals surface area contributed by atoms with Crippen LogP contribution < -0.4 is 10.1 Å². The number of nitrogens with one attached hydrogen (secondary N) is 1. The Morgan fingerprint density at radius 3 is 2.43 bits per heavy atom. The van der Waals surface area contributed by atoms with E-state index >= 15 is 0 Å². The normalized spacial score (nSPS) is 12.6. The Morgan fingerprint density at radius 2 is 1.71 bits per heavy atom. The van der Waals surface area contributed by atoms with Gasteiger partial charge >= 0.3 is 0 Å². The number of aromatic nitrogens is 2. The number of imidazole rings is 1. The molecule has 0 aliphatic heterocycles. The van der Waals surface area contributed by atoms with Gasteiger partial charge in [0.1, 0.15) is 22.9 Å². The van der Waals surface area contributed by atoms with E-state index in [0.29, 0.717) is 0 Å². The standard InChI is InChI=1S/C24H31N3O/c1-23(2,3)17-24(4,5)26-22-19(25-21-13-9-10-16-27(21)22)15-14-18-11-7-8-12-20(18)28-6/h7-16,26H,17H2,1-6H3. The summed E-state index contributed by atoms with van der Waals surface area (Å²) in [5.41, 5.74) is 3.03. The fraction of sp³-hybridized carbons (Fsp3) is 0.375. The number of hydrogen-bond donors (Lipinski definition) is 1. The van der Waals surface area contributed by atoms with Gasteiger partial charge < -0.3 is 10.1 Å². The van der Waals surface area contributed by atoms with Crippen molar-refractivity contribution in [2.45, 2.75) is 46.6 Å². The van der Waals surface area contributed by atoms with Crippen molar-refractivity contribution in [1.29, 1.82) is 0 Å². The van der Waals surface area contributed by atoms with Gasteiger partial charge in [0, 0.05) is 17.3 Å². The zero-order valence-electron chi connectivity index (χ0n) is 17.8. The van der Waals surface area contributed by atoms with Crippen LogP contribution in [0.1, 0.15) is 52.3 Å². The number of nitrogens with zero attached hydrogens (tertiary/aromatic N) is 2. The summed E-state index contributed by atoms with van der Waals surface area (Å²) in [5.74, 6) is 1.86. The van der Waals surface area contributed by atoms with Gasteiger partial charge in [0.25, 0.3) is 0 Å². The lowest BCUT2D eigenvalue weighted by Gasteiger charge is -2.34. The first-order valence-corrected chi connectivity index (χ1v) is 9.75. The molecule has 4 nitrogen and oxygen atoms in total. The summed E-state index contributed by atoms with van der Waals surface area (Å²) in [4.78, 5) is 4.84. The lowest BCUT2D eigenvalue weighted by atomic mass is 9.82. The lowest BCUT2D eigenvalue weighted by Crippen LogP contribution is -2.36. The van der Waals surface area contributed by atoms with Crippen LogP contribution in [0.15, 0.2) is 48.7 Å². The number of hydrogen-bond acceptors (Lipinski definition) is 3. The monoisotopic (exact) mass is 377 g/mol. The van der Waals surface area contributed by atoms with E-state index < -0.39 is 0 Å². The molecular formula is C24H31N3O. The van der Waals surface area contributed by atoms with Crippen LogP contribution >= 0.6 is 0 Å². The van der Waals surface area contributed by atoms with E-state index in [4.69, 9.17) is 9.72 Å². The minimum Gasteiger partial charge on any atom is -0.496 e. The molecule has 148 valence electrons. The molecule has 0 saturated carbocycles. The largest absolute Gasteiger partial charge is 0.496 e. The van der Waals surface area contributed by atoms with E-state index in [1.54, 1.807) is 7.11 Å². The topological polar surface area (TPSA) is 38.6 Å². The predicted octanol–water partition coefficient (Wildman–Crippen LogP) is 6.14. The maximum absolute atomic E-state index is 5.47. The summed E-state index contributed by atoms with van der Waals surface area (Å²) < 4.78 is 7.58. The van der Waals surface area contributed by atoms with Gasteiger partial charge in [0.2, 0.25) is 0 Å². The van der Waals surface area contributed by atoms with Crippen LogP contribution in [0.4, 0.5) is 5.82 Å². The van der Waals surface area contributed by atoms with Crippen LogP contribution in [0, 0.1) is 5.41 Å². The molecule has 0 bridgehead atoms. The third-order valence-corrected chi connectivity index (χ3v) is 4.55. The van der Waals surface area contributed by atoms with Crippen LogP contribution in [-0.2, 0) is 0 Å². The Labute approximate surface area is 168 Å². The summed E-state index contributed by atoms with van der Waals surface area (Å²) in [6.07, 6.45) is 7.21. The molecule has 0 aliphatic rings. The highest BCUT2D eigenvalue weighted by Gasteiger charge is 2.27. The molecule has 0 spiro atoms. The highest BCUT2D eigenvalue weighted by atomic mass is 16.5. The first kappa shape index (κ1) is 20.0. The molecule has 4 heteroatoms. The van der Waals surface area contributed by atoms with Crippen molar-refractivity contribution in [2.75, 3.05) is 12.4 Å². The number of pyridine rings is 1. The third kappa shape index (κ3) is 4.75. The summed E-state index contributed by atoms with van der Waals surface area (Å²) in [6.45, 7) is 11.3. The van der Waals surface area contributed by atoms with Gasteiger partial charge in [-0.2, -0.15) is 0 Å². The van der Waals surface area contributed by atoms with Crippen LogP contribution in [0.5, 0.6) is 5.75 Å². The van der Waals surface area contributed by atoms with Crippen molar-refractivity contribution in [1.82, 2.24) is 9.38 Å². The van der Waals surface area contributed by atoms with Crippen molar-refractivity contribution < 1.29 is 4.74 Å². The van der Waals surface area contributed by atoms with Crippen molar-refractivity contribution in [3.8, 4) is 5.75 Å². The number of benzene rings is 1. The average Bonchev–Trinajstić information content (AvgIpc) is 2.95. The fourth-order valence-electron chi connectivity index (χ4n) is 3.92. The zero-order valence-corrected chi connectivity index (χ0v) is 17.8. The molecule has 28 heavy (non-hydrogen) atoms. The van der Waals surface area contributed by atoms with Gasteiger partial charge in [0.05, 0.1) is 7.11 Å². The average molecular weight is 378 g/mol. The maximum atomic E-state index is 5.47. The second-order valence-corrected chi connectivity index (χ2v) is 9.10. The van der Waals surface area contributed by atoms with Gasteiger partial charge in [-0.05, 0) is 56.0 Å². The summed E-state index contributed by atoms with van der Waals surface area (Å²) >= 11 is 0. The number of para-hydroxylation sites is 1. The first-order chi connectivity index (χ1) is 13.2. The Balaban J connectivity index is 2.01. The first-order valence-electron chi connectivity index (χ1n) is 9.75. The minimum atomic E-state index is -0.0723. The predicted molar refractivity (Wildman–Crippen MR) is 119 cm³/mol. The number of ether oxygens (including phenoxy) is 1. The molecule has 0 aliphatic carbocycles. The van der Waals surface area contributed by atoms with Crippen molar-refractivity contribution in [2.24, 2.45) is 5.41 Å². The van der Waals surface area contributed by atoms with Gasteiger partial charge in [-0.3, -0.25) is 4.40 Å². The Morgan fingerprint density at radius 1 is 1.00 bits per heavy atom. The number of anilines is 1. The van der Waals surface area contributed by atoms with Crippen molar-refractivity contribution in [3.05, 3.63) is 59.9 Å². The van der Waals surface area contributed by atoms with E-state index in [9.17, 15) is 0 Å². The van der Waals surface area contributed by atoms with E-state index in [0.717, 1.165) is 34.9 Å². The van der Waals surface area contributed by atoms with Gasteiger partial charge in [-0.15, -0.1) is 0 Å². The van der Waals surface area contributed by atoms with Crippen molar-refractivity contribution in [3.63, 3.8) is 0 Å². The number of fused-ring (bicyclic) bond motifs is 1. The van der Waals surface area contributed by atoms with Crippen molar-refractivity contribution >= 4 is 23.6 Å². The van der Waals surface area contributed by atoms with Gasteiger partial charge in [-0.1, -0.05) is 45.0 Å². The second-order valence-electron chi connectivity index (χ2n) is 9.10. The molecule has 0 saturated heterocycles. The highest BCUT2D eigenvalue weighted by molar-refractivity contribution is 5.77. The zero-order chi connectivity index (χ0) is 20.4. The molecule has 2 aromatic heterocycles. The van der Waals surface area contributed by atoms with Gasteiger partial charge in [-0.25, -0.2) is 4.98 Å². The Hall–Kier alpha value is -2.75. The van der Waals surface area contributed by atoms with E-state index in [2.05, 4.69) is 62.7 Å². The SMILES string of the molecule is COc1ccccc1C=Cc1nc2ccccn2c1NC(C)(C)CC(C)(C)C. The molecule has 3 rings (SSSR count). The lowest BCUT2D eigenvalue weighted by molar-refractivity contribution is 0.302. The molecule has 1 N–H and O–H groups in total. The van der Waals surface area contributed by atoms with E-state index in [1.807, 2.05) is 42.5 Å². The molecular weight excluding hydrogens is 346 g/mol. The summed E-state index contributed by atoms with van der Waals surface area (Å²) in [5, 5.41) is 3.75. The van der Waals surface area contributed by atoms with Gasteiger partial charge in [0.15, 0.2) is 0 Å². The molecule has 0 amide bonds. The molecule has 1 aromatic carbocycles. The summed E-state index contributed by atoms with van der Waals surface area (Å²) in [6, 6.07) is 14.1. The molecule has 0 atom stereocenters. The summed E-state index contributed by atoms with van der Waals surface area (Å²) in [7, 11) is 1.69. The minimum absolute atomic E-state index is 0.0723. The molecule has 0 radical (unpaired) electrons. The maximum Gasteiger partial charge on any atom is 0.139 e. The van der Waals surface area contributed by atoms with Crippen LogP contribution in [-0.4, -0.2) is 22.0 Å².